The highest BCUT2D eigenvalue weighted by Crippen LogP contribution is 2.51. The molecule has 0 radical (unpaired) electrons. The molecule has 1 saturated heterocycles. The molecule has 0 unspecified atom stereocenters. The topological polar surface area (TPSA) is 24.1 Å². The summed E-state index contributed by atoms with van der Waals surface area (Å²) in [5.74, 6) is 1.77. The van der Waals surface area contributed by atoms with Gasteiger partial charge < -0.3 is 10.6 Å². The molecule has 76 valence electrons. The van der Waals surface area contributed by atoms with Crippen LogP contribution in [0, 0.1) is 17.3 Å². The molecule has 0 atom stereocenters. The molecule has 2 aliphatic rings. The van der Waals surface area contributed by atoms with Gasteiger partial charge in [0, 0.05) is 26.2 Å². The van der Waals surface area contributed by atoms with E-state index >= 15 is 0 Å². The zero-order valence-electron chi connectivity index (χ0n) is 8.90. The van der Waals surface area contributed by atoms with Crippen molar-refractivity contribution in [2.75, 3.05) is 26.2 Å². The second kappa shape index (κ2) is 3.58. The molecule has 1 aliphatic heterocycles. The SMILES string of the molecule is CC(C)C1(CNCC2CNC2)CC1. The van der Waals surface area contributed by atoms with Crippen molar-refractivity contribution in [2.45, 2.75) is 26.7 Å². The van der Waals surface area contributed by atoms with E-state index in [1.54, 1.807) is 0 Å². The van der Waals surface area contributed by atoms with Gasteiger partial charge in [-0.3, -0.25) is 0 Å². The predicted octanol–water partition coefficient (Wildman–Crippen LogP) is 1.23. The molecule has 1 saturated carbocycles. The molecule has 1 aliphatic carbocycles. The monoisotopic (exact) mass is 182 g/mol. The van der Waals surface area contributed by atoms with Crippen LogP contribution in [0.2, 0.25) is 0 Å². The smallest absolute Gasteiger partial charge is 0.00104 e. The number of nitrogens with one attached hydrogen (secondary N) is 2. The first-order chi connectivity index (χ1) is 6.23. The minimum absolute atomic E-state index is 0.678. The van der Waals surface area contributed by atoms with Crippen LogP contribution in [0.25, 0.3) is 0 Å². The second-order valence-electron chi connectivity index (χ2n) is 5.17. The first kappa shape index (κ1) is 9.47. The number of hydrogen-bond acceptors (Lipinski definition) is 2. The van der Waals surface area contributed by atoms with Crippen LogP contribution in [0.15, 0.2) is 0 Å². The summed E-state index contributed by atoms with van der Waals surface area (Å²) in [7, 11) is 0. The van der Waals surface area contributed by atoms with Crippen LogP contribution in [-0.2, 0) is 0 Å². The van der Waals surface area contributed by atoms with Gasteiger partial charge >= 0.3 is 0 Å². The molecule has 0 aromatic heterocycles. The highest BCUT2D eigenvalue weighted by atomic mass is 15.0. The second-order valence-corrected chi connectivity index (χ2v) is 5.17. The molecule has 2 rings (SSSR count). The number of hydrogen-bond donors (Lipinski definition) is 2. The molecule has 0 aromatic rings. The maximum atomic E-state index is 3.63. The molecule has 0 amide bonds. The lowest BCUT2D eigenvalue weighted by Crippen LogP contribution is -2.48. The minimum Gasteiger partial charge on any atom is -0.316 e. The maximum absolute atomic E-state index is 3.63. The summed E-state index contributed by atoms with van der Waals surface area (Å²) in [6.45, 7) is 9.64. The van der Waals surface area contributed by atoms with E-state index in [1.165, 1.54) is 39.0 Å². The fourth-order valence-electron chi connectivity index (χ4n) is 2.14. The van der Waals surface area contributed by atoms with Gasteiger partial charge in [0.15, 0.2) is 0 Å². The third-order valence-corrected chi connectivity index (χ3v) is 3.89. The van der Waals surface area contributed by atoms with Gasteiger partial charge in [-0.05, 0) is 30.1 Å². The van der Waals surface area contributed by atoms with Crippen molar-refractivity contribution >= 4 is 0 Å². The molecule has 2 N–H and O–H groups in total. The Kier molecular flexibility index (Phi) is 2.61. The molecular formula is C11H22N2. The molecule has 2 heteroatoms. The van der Waals surface area contributed by atoms with Gasteiger partial charge in [0.05, 0.1) is 0 Å². The lowest BCUT2D eigenvalue weighted by atomic mass is 9.92. The first-order valence-corrected chi connectivity index (χ1v) is 5.64. The van der Waals surface area contributed by atoms with Gasteiger partial charge in [0.2, 0.25) is 0 Å². The van der Waals surface area contributed by atoms with Crippen molar-refractivity contribution in [3.8, 4) is 0 Å². The highest BCUT2D eigenvalue weighted by Gasteiger charge is 2.44. The summed E-state index contributed by atoms with van der Waals surface area (Å²) in [6.07, 6.45) is 2.89. The van der Waals surface area contributed by atoms with Crippen molar-refractivity contribution < 1.29 is 0 Å². The zero-order valence-corrected chi connectivity index (χ0v) is 8.90. The summed E-state index contributed by atoms with van der Waals surface area (Å²) < 4.78 is 0. The largest absolute Gasteiger partial charge is 0.316 e. The average molecular weight is 182 g/mol. The molecule has 13 heavy (non-hydrogen) atoms. The molecule has 0 bridgehead atoms. The molecule has 0 aromatic carbocycles. The van der Waals surface area contributed by atoms with E-state index in [0.717, 1.165) is 11.8 Å². The average Bonchev–Trinajstić information content (AvgIpc) is 2.75. The van der Waals surface area contributed by atoms with Crippen LogP contribution >= 0.6 is 0 Å². The number of rotatable bonds is 5. The van der Waals surface area contributed by atoms with Crippen molar-refractivity contribution in [1.29, 1.82) is 0 Å². The van der Waals surface area contributed by atoms with E-state index < -0.39 is 0 Å². The Hall–Kier alpha value is -0.0800. The van der Waals surface area contributed by atoms with E-state index in [4.69, 9.17) is 0 Å². The molecule has 1 heterocycles. The van der Waals surface area contributed by atoms with Gasteiger partial charge in [0.1, 0.15) is 0 Å². The van der Waals surface area contributed by atoms with Crippen molar-refractivity contribution in [3.05, 3.63) is 0 Å². The van der Waals surface area contributed by atoms with Crippen molar-refractivity contribution in [1.82, 2.24) is 10.6 Å². The summed E-state index contributed by atoms with van der Waals surface area (Å²) in [6, 6.07) is 0. The summed E-state index contributed by atoms with van der Waals surface area (Å²) in [5.41, 5.74) is 0.678. The Balaban J connectivity index is 1.61. The van der Waals surface area contributed by atoms with E-state index in [2.05, 4.69) is 24.5 Å². The third-order valence-electron chi connectivity index (χ3n) is 3.89. The molecule has 2 nitrogen and oxygen atoms in total. The fourth-order valence-corrected chi connectivity index (χ4v) is 2.14. The van der Waals surface area contributed by atoms with Crippen LogP contribution in [-0.4, -0.2) is 26.2 Å². The quantitative estimate of drug-likeness (QED) is 0.668. The summed E-state index contributed by atoms with van der Waals surface area (Å²) in [5, 5.41) is 6.94. The first-order valence-electron chi connectivity index (χ1n) is 5.64. The molecule has 2 fully saturated rings. The van der Waals surface area contributed by atoms with E-state index in [0.29, 0.717) is 5.41 Å². The predicted molar refractivity (Wildman–Crippen MR) is 55.7 cm³/mol. The normalized spacial score (nSPS) is 26.1. The Morgan fingerprint density at radius 1 is 1.38 bits per heavy atom. The lowest BCUT2D eigenvalue weighted by molar-refractivity contribution is 0.291. The van der Waals surface area contributed by atoms with Gasteiger partial charge in [-0.2, -0.15) is 0 Å². The van der Waals surface area contributed by atoms with Crippen molar-refractivity contribution in [2.24, 2.45) is 17.3 Å². The van der Waals surface area contributed by atoms with Crippen molar-refractivity contribution in [3.63, 3.8) is 0 Å². The van der Waals surface area contributed by atoms with E-state index in [-0.39, 0.29) is 0 Å². The van der Waals surface area contributed by atoms with E-state index in [1.807, 2.05) is 0 Å². The van der Waals surface area contributed by atoms with E-state index in [9.17, 15) is 0 Å². The highest BCUT2D eigenvalue weighted by molar-refractivity contribution is 4.97. The van der Waals surface area contributed by atoms with Crippen LogP contribution in [0.4, 0.5) is 0 Å². The Bertz CT molecular complexity index is 169. The van der Waals surface area contributed by atoms with Crippen LogP contribution in [0.5, 0.6) is 0 Å². The standard InChI is InChI=1S/C11H22N2/c1-9(2)11(3-4-11)8-13-7-10-5-12-6-10/h9-10,12-13H,3-8H2,1-2H3. The summed E-state index contributed by atoms with van der Waals surface area (Å²) in [4.78, 5) is 0. The van der Waals surface area contributed by atoms with Crippen LogP contribution in [0.3, 0.4) is 0 Å². The zero-order chi connectivity index (χ0) is 9.31. The Morgan fingerprint density at radius 2 is 2.08 bits per heavy atom. The van der Waals surface area contributed by atoms with Crippen LogP contribution in [0.1, 0.15) is 26.7 Å². The van der Waals surface area contributed by atoms with Gasteiger partial charge in [-0.15, -0.1) is 0 Å². The summed E-state index contributed by atoms with van der Waals surface area (Å²) >= 11 is 0. The molecule has 0 spiro atoms. The van der Waals surface area contributed by atoms with Gasteiger partial charge in [0.25, 0.3) is 0 Å². The lowest BCUT2D eigenvalue weighted by Gasteiger charge is -2.29. The maximum Gasteiger partial charge on any atom is 0.00104 e. The molecular weight excluding hydrogens is 160 g/mol. The minimum atomic E-state index is 0.678. The Labute approximate surface area is 81.5 Å². The third kappa shape index (κ3) is 2.05. The van der Waals surface area contributed by atoms with Crippen LogP contribution < -0.4 is 10.6 Å². The Morgan fingerprint density at radius 3 is 2.46 bits per heavy atom. The van der Waals surface area contributed by atoms with Gasteiger partial charge in [-0.25, -0.2) is 0 Å². The fraction of sp³-hybridized carbons (Fsp3) is 1.00. The van der Waals surface area contributed by atoms with Gasteiger partial charge in [-0.1, -0.05) is 13.8 Å².